The van der Waals surface area contributed by atoms with Crippen LogP contribution in [0.2, 0.25) is 0 Å². The third-order valence-electron chi connectivity index (χ3n) is 3.38. The summed E-state index contributed by atoms with van der Waals surface area (Å²) in [5.41, 5.74) is 0.529. The molecule has 1 rings (SSSR count). The van der Waals surface area contributed by atoms with Gasteiger partial charge >= 0.3 is 6.61 Å². The Morgan fingerprint density at radius 1 is 1.19 bits per heavy atom. The van der Waals surface area contributed by atoms with Crippen LogP contribution in [-0.2, 0) is 11.3 Å². The molecule has 0 amide bonds. The molecule has 0 aliphatic carbocycles. The van der Waals surface area contributed by atoms with E-state index in [0.717, 1.165) is 6.42 Å². The van der Waals surface area contributed by atoms with Crippen LogP contribution in [0.25, 0.3) is 0 Å². The SMILES string of the molecule is CCNC(=NCc1cccc(OCC)c1OC(F)F)NCCCOC(C)C. The van der Waals surface area contributed by atoms with Crippen LogP contribution in [0.5, 0.6) is 11.5 Å². The molecule has 0 radical (unpaired) electrons. The minimum atomic E-state index is -2.93. The first kappa shape index (κ1) is 23.0. The number of hydrogen-bond acceptors (Lipinski definition) is 4. The van der Waals surface area contributed by atoms with E-state index in [2.05, 4.69) is 20.4 Å². The molecule has 0 bridgehead atoms. The van der Waals surface area contributed by atoms with Gasteiger partial charge in [-0.25, -0.2) is 4.99 Å². The van der Waals surface area contributed by atoms with Gasteiger partial charge in [-0.2, -0.15) is 8.78 Å². The predicted octanol–water partition coefficient (Wildman–Crippen LogP) is 3.56. The van der Waals surface area contributed by atoms with Gasteiger partial charge < -0.3 is 24.8 Å². The van der Waals surface area contributed by atoms with E-state index in [1.807, 2.05) is 20.8 Å². The third kappa shape index (κ3) is 9.42. The van der Waals surface area contributed by atoms with Gasteiger partial charge in [-0.3, -0.25) is 0 Å². The van der Waals surface area contributed by atoms with Gasteiger partial charge in [-0.1, -0.05) is 12.1 Å². The first-order valence-electron chi connectivity index (χ1n) is 9.31. The Morgan fingerprint density at radius 3 is 2.59 bits per heavy atom. The molecule has 0 fully saturated rings. The van der Waals surface area contributed by atoms with Gasteiger partial charge in [0, 0.05) is 25.3 Å². The molecule has 1 aromatic rings. The highest BCUT2D eigenvalue weighted by atomic mass is 19.3. The van der Waals surface area contributed by atoms with E-state index in [1.165, 1.54) is 0 Å². The summed E-state index contributed by atoms with van der Waals surface area (Å²) in [6.07, 6.45) is 1.04. The van der Waals surface area contributed by atoms with Gasteiger partial charge in [0.2, 0.25) is 0 Å². The minimum absolute atomic E-state index is 0.0271. The van der Waals surface area contributed by atoms with Crippen LogP contribution in [0.1, 0.15) is 39.7 Å². The Labute approximate surface area is 160 Å². The van der Waals surface area contributed by atoms with Crippen molar-refractivity contribution in [2.75, 3.05) is 26.3 Å². The van der Waals surface area contributed by atoms with Crippen LogP contribution < -0.4 is 20.1 Å². The van der Waals surface area contributed by atoms with Crippen molar-refractivity contribution in [3.8, 4) is 11.5 Å². The summed E-state index contributed by atoms with van der Waals surface area (Å²) in [6, 6.07) is 5.04. The van der Waals surface area contributed by atoms with Crippen LogP contribution in [0.3, 0.4) is 0 Å². The van der Waals surface area contributed by atoms with E-state index in [-0.39, 0.29) is 24.1 Å². The Kier molecular flexibility index (Phi) is 11.2. The number of benzene rings is 1. The number of guanidine groups is 1. The number of para-hydroxylation sites is 1. The number of rotatable bonds is 12. The lowest BCUT2D eigenvalue weighted by atomic mass is 10.2. The van der Waals surface area contributed by atoms with Gasteiger partial charge in [0.05, 0.1) is 19.3 Å². The summed E-state index contributed by atoms with van der Waals surface area (Å²) < 4.78 is 41.1. The lowest BCUT2D eigenvalue weighted by Crippen LogP contribution is -2.38. The van der Waals surface area contributed by atoms with Gasteiger partial charge in [0.1, 0.15) is 0 Å². The number of alkyl halides is 2. The summed E-state index contributed by atoms with van der Waals surface area (Å²) >= 11 is 0. The van der Waals surface area contributed by atoms with Crippen LogP contribution in [0.4, 0.5) is 8.78 Å². The fourth-order valence-corrected chi connectivity index (χ4v) is 2.28. The van der Waals surface area contributed by atoms with Crippen LogP contribution >= 0.6 is 0 Å². The van der Waals surface area contributed by atoms with Crippen molar-refractivity contribution in [2.45, 2.75) is 53.4 Å². The van der Waals surface area contributed by atoms with Crippen LogP contribution in [0, 0.1) is 0 Å². The topological polar surface area (TPSA) is 64.1 Å². The lowest BCUT2D eigenvalue weighted by Gasteiger charge is -2.15. The fraction of sp³-hybridized carbons (Fsp3) is 0.632. The largest absolute Gasteiger partial charge is 0.490 e. The maximum Gasteiger partial charge on any atom is 0.387 e. The highest BCUT2D eigenvalue weighted by molar-refractivity contribution is 5.79. The maximum absolute atomic E-state index is 12.8. The third-order valence-corrected chi connectivity index (χ3v) is 3.38. The summed E-state index contributed by atoms with van der Waals surface area (Å²) in [4.78, 5) is 4.46. The molecule has 0 unspecified atom stereocenters. The Morgan fingerprint density at radius 2 is 1.96 bits per heavy atom. The highest BCUT2D eigenvalue weighted by Gasteiger charge is 2.15. The Hall–Kier alpha value is -2.09. The molecule has 0 spiro atoms. The molecule has 1 aromatic carbocycles. The normalized spacial score (nSPS) is 11.8. The molecule has 27 heavy (non-hydrogen) atoms. The zero-order valence-electron chi connectivity index (χ0n) is 16.6. The van der Waals surface area contributed by atoms with Gasteiger partial charge in [-0.05, 0) is 40.2 Å². The first-order chi connectivity index (χ1) is 13.0. The quantitative estimate of drug-likeness (QED) is 0.326. The van der Waals surface area contributed by atoms with Crippen molar-refractivity contribution >= 4 is 5.96 Å². The minimum Gasteiger partial charge on any atom is -0.490 e. The van der Waals surface area contributed by atoms with Crippen LogP contribution in [-0.4, -0.2) is 45.0 Å². The molecular formula is C19H31F2N3O3. The van der Waals surface area contributed by atoms with Crippen molar-refractivity contribution in [1.82, 2.24) is 10.6 Å². The maximum atomic E-state index is 12.8. The van der Waals surface area contributed by atoms with Crippen molar-refractivity contribution in [3.05, 3.63) is 23.8 Å². The second-order valence-electron chi connectivity index (χ2n) is 5.95. The van der Waals surface area contributed by atoms with Crippen molar-refractivity contribution in [3.63, 3.8) is 0 Å². The summed E-state index contributed by atoms with van der Waals surface area (Å²) in [7, 11) is 0. The standard InChI is InChI=1S/C19H31F2N3O3/c1-5-22-19(23-11-8-12-26-14(3)4)24-13-15-9-7-10-16(25-6-2)17(15)27-18(20)21/h7,9-10,14,18H,5-6,8,11-13H2,1-4H3,(H2,22,23,24). The van der Waals surface area contributed by atoms with Crippen molar-refractivity contribution in [2.24, 2.45) is 4.99 Å². The highest BCUT2D eigenvalue weighted by Crippen LogP contribution is 2.33. The second-order valence-corrected chi connectivity index (χ2v) is 5.95. The molecule has 154 valence electrons. The van der Waals surface area contributed by atoms with E-state index < -0.39 is 6.61 Å². The zero-order chi connectivity index (χ0) is 20.1. The molecule has 0 saturated heterocycles. The molecule has 0 aliphatic heterocycles. The zero-order valence-corrected chi connectivity index (χ0v) is 16.6. The average Bonchev–Trinajstić information content (AvgIpc) is 2.61. The first-order valence-corrected chi connectivity index (χ1v) is 9.31. The van der Waals surface area contributed by atoms with E-state index >= 15 is 0 Å². The number of hydrogen-bond donors (Lipinski definition) is 2. The van der Waals surface area contributed by atoms with Gasteiger partial charge in [0.25, 0.3) is 0 Å². The molecule has 0 atom stereocenters. The molecule has 0 heterocycles. The number of nitrogens with zero attached hydrogens (tertiary/aromatic N) is 1. The number of nitrogens with one attached hydrogen (secondary N) is 2. The summed E-state index contributed by atoms with van der Waals surface area (Å²) in [5.74, 6) is 0.917. The molecule has 0 aromatic heterocycles. The molecule has 8 heteroatoms. The van der Waals surface area contributed by atoms with Crippen LogP contribution in [0.15, 0.2) is 23.2 Å². The monoisotopic (exact) mass is 387 g/mol. The number of aliphatic imine (C=N–C) groups is 1. The smallest absolute Gasteiger partial charge is 0.387 e. The van der Waals surface area contributed by atoms with E-state index in [0.29, 0.717) is 37.8 Å². The van der Waals surface area contributed by atoms with Crippen molar-refractivity contribution in [1.29, 1.82) is 0 Å². The lowest BCUT2D eigenvalue weighted by molar-refractivity contribution is -0.0520. The van der Waals surface area contributed by atoms with E-state index in [1.54, 1.807) is 25.1 Å². The molecule has 0 saturated carbocycles. The number of ether oxygens (including phenoxy) is 3. The fourth-order valence-electron chi connectivity index (χ4n) is 2.28. The molecular weight excluding hydrogens is 356 g/mol. The average molecular weight is 387 g/mol. The predicted molar refractivity (Wildman–Crippen MR) is 103 cm³/mol. The van der Waals surface area contributed by atoms with E-state index in [4.69, 9.17) is 9.47 Å². The Balaban J connectivity index is 2.77. The summed E-state index contributed by atoms with van der Waals surface area (Å²) in [5, 5.41) is 6.33. The second kappa shape index (κ2) is 13.1. The summed E-state index contributed by atoms with van der Waals surface area (Å²) in [6.45, 7) is 7.38. The number of halogens is 2. The van der Waals surface area contributed by atoms with Crippen molar-refractivity contribution < 1.29 is 23.0 Å². The molecule has 0 aliphatic rings. The van der Waals surface area contributed by atoms with Gasteiger partial charge in [-0.15, -0.1) is 0 Å². The van der Waals surface area contributed by atoms with Gasteiger partial charge in [0.15, 0.2) is 17.5 Å². The van der Waals surface area contributed by atoms with E-state index in [9.17, 15) is 8.78 Å². The molecule has 2 N–H and O–H groups in total. The molecule has 6 nitrogen and oxygen atoms in total. The Bertz CT molecular complexity index is 569.